The number of nitrogens with zero attached hydrogens (tertiary/aromatic N) is 2. The van der Waals surface area contributed by atoms with Crippen molar-refractivity contribution >= 4 is 5.91 Å². The Morgan fingerprint density at radius 3 is 2.58 bits per heavy atom. The van der Waals surface area contributed by atoms with Gasteiger partial charge < -0.3 is 9.64 Å². The summed E-state index contributed by atoms with van der Waals surface area (Å²) in [6.45, 7) is 3.24. The van der Waals surface area contributed by atoms with Crippen LogP contribution in [0.5, 0.6) is 5.75 Å². The van der Waals surface area contributed by atoms with Crippen molar-refractivity contribution in [2.45, 2.75) is 32.9 Å². The first-order valence-electron chi connectivity index (χ1n) is 10.6. The standard InChI is InChI=1S/C27H24N2O2/c1-19-15-22(21-11-13-28-14-12-21)16-23-18-29(27(30)26(19)23)17-20-7-9-25(10-8-20)31-24-5-3-2-4-6-24/h2-3,5,7-16H,4,6,17-18H2,1H3. The number of benzene rings is 2. The van der Waals surface area contributed by atoms with Crippen molar-refractivity contribution in [2.75, 3.05) is 0 Å². The molecule has 0 bridgehead atoms. The molecule has 4 heteroatoms. The quantitative estimate of drug-likeness (QED) is 0.534. The molecule has 1 aromatic heterocycles. The van der Waals surface area contributed by atoms with Crippen LogP contribution < -0.4 is 4.74 Å². The second-order valence-corrected chi connectivity index (χ2v) is 8.07. The lowest BCUT2D eigenvalue weighted by Crippen LogP contribution is -2.23. The SMILES string of the molecule is Cc1cc(-c2ccncc2)cc2c1C(=O)N(Cc1ccc(OC3=CC=CCC3)cc1)C2. The Balaban J connectivity index is 1.31. The van der Waals surface area contributed by atoms with E-state index in [2.05, 4.69) is 23.2 Å². The summed E-state index contributed by atoms with van der Waals surface area (Å²) in [6.07, 6.45) is 11.7. The highest BCUT2D eigenvalue weighted by Gasteiger charge is 2.29. The third-order valence-corrected chi connectivity index (χ3v) is 5.81. The van der Waals surface area contributed by atoms with Gasteiger partial charge in [-0.25, -0.2) is 0 Å². The zero-order valence-corrected chi connectivity index (χ0v) is 17.5. The van der Waals surface area contributed by atoms with E-state index in [1.54, 1.807) is 12.4 Å². The van der Waals surface area contributed by atoms with E-state index < -0.39 is 0 Å². The number of hydrogen-bond donors (Lipinski definition) is 0. The number of carbonyl (C=O) groups excluding carboxylic acids is 1. The van der Waals surface area contributed by atoms with E-state index in [0.717, 1.165) is 57.7 Å². The number of fused-ring (bicyclic) bond motifs is 1. The molecule has 4 nitrogen and oxygen atoms in total. The van der Waals surface area contributed by atoms with E-state index in [0.29, 0.717) is 13.1 Å². The molecule has 2 aliphatic rings. The van der Waals surface area contributed by atoms with Crippen LogP contribution in [0.1, 0.15) is 39.9 Å². The lowest BCUT2D eigenvalue weighted by Gasteiger charge is -2.16. The maximum atomic E-state index is 13.1. The minimum absolute atomic E-state index is 0.105. The van der Waals surface area contributed by atoms with Gasteiger partial charge in [-0.2, -0.15) is 0 Å². The van der Waals surface area contributed by atoms with Gasteiger partial charge in [0, 0.05) is 37.5 Å². The first kappa shape index (κ1) is 19.3. The van der Waals surface area contributed by atoms with E-state index >= 15 is 0 Å². The van der Waals surface area contributed by atoms with E-state index in [4.69, 9.17) is 4.74 Å². The van der Waals surface area contributed by atoms with Crippen LogP contribution in [0, 0.1) is 6.92 Å². The fraction of sp³-hybridized carbons (Fsp3) is 0.185. The third-order valence-electron chi connectivity index (χ3n) is 5.81. The van der Waals surface area contributed by atoms with Gasteiger partial charge >= 0.3 is 0 Å². The Morgan fingerprint density at radius 1 is 1.03 bits per heavy atom. The first-order chi connectivity index (χ1) is 15.2. The number of amides is 1. The van der Waals surface area contributed by atoms with E-state index in [1.165, 1.54) is 0 Å². The second kappa shape index (κ2) is 8.23. The van der Waals surface area contributed by atoms with Crippen LogP contribution in [-0.2, 0) is 13.1 Å². The van der Waals surface area contributed by atoms with Crippen molar-refractivity contribution in [2.24, 2.45) is 0 Å². The second-order valence-electron chi connectivity index (χ2n) is 8.07. The topological polar surface area (TPSA) is 42.4 Å². The van der Waals surface area contributed by atoms with Gasteiger partial charge in [0.1, 0.15) is 11.5 Å². The number of pyridine rings is 1. The highest BCUT2D eigenvalue weighted by atomic mass is 16.5. The maximum Gasteiger partial charge on any atom is 0.255 e. The molecule has 0 atom stereocenters. The Bertz CT molecular complexity index is 1180. The Hall–Kier alpha value is -3.66. The molecule has 0 N–H and O–H groups in total. The first-order valence-corrected chi connectivity index (χ1v) is 10.6. The fourth-order valence-corrected chi connectivity index (χ4v) is 4.27. The summed E-state index contributed by atoms with van der Waals surface area (Å²) in [6, 6.07) is 16.3. The minimum Gasteiger partial charge on any atom is -0.462 e. The molecule has 1 aliphatic carbocycles. The van der Waals surface area contributed by atoms with Gasteiger partial charge in [-0.05, 0) is 77.6 Å². The number of hydrogen-bond acceptors (Lipinski definition) is 3. The molecule has 2 aromatic carbocycles. The predicted molar refractivity (Wildman–Crippen MR) is 122 cm³/mol. The van der Waals surface area contributed by atoms with Gasteiger partial charge in [0.05, 0.1) is 0 Å². The molecule has 5 rings (SSSR count). The van der Waals surface area contributed by atoms with Crippen LogP contribution in [0.3, 0.4) is 0 Å². The summed E-state index contributed by atoms with van der Waals surface area (Å²) >= 11 is 0. The Kier molecular flexibility index (Phi) is 5.13. The summed E-state index contributed by atoms with van der Waals surface area (Å²) < 4.78 is 5.95. The zero-order chi connectivity index (χ0) is 21.2. The summed E-state index contributed by atoms with van der Waals surface area (Å²) in [5.74, 6) is 1.92. The van der Waals surface area contributed by atoms with Crippen LogP contribution in [0.25, 0.3) is 11.1 Å². The largest absolute Gasteiger partial charge is 0.462 e. The number of ether oxygens (including phenoxy) is 1. The number of carbonyl (C=O) groups is 1. The van der Waals surface area contributed by atoms with Crippen molar-refractivity contribution in [1.29, 1.82) is 0 Å². The zero-order valence-electron chi connectivity index (χ0n) is 17.5. The monoisotopic (exact) mass is 408 g/mol. The number of rotatable bonds is 5. The average Bonchev–Trinajstić information content (AvgIpc) is 3.12. The molecular weight excluding hydrogens is 384 g/mol. The van der Waals surface area contributed by atoms with Crippen LogP contribution in [0.15, 0.2) is 84.9 Å². The molecule has 1 amide bonds. The van der Waals surface area contributed by atoms with Crippen molar-refractivity contribution < 1.29 is 9.53 Å². The predicted octanol–water partition coefficient (Wildman–Crippen LogP) is 5.83. The Labute approximate surface area is 182 Å². The number of aromatic nitrogens is 1. The molecule has 154 valence electrons. The summed E-state index contributed by atoms with van der Waals surface area (Å²) in [5, 5.41) is 0. The van der Waals surface area contributed by atoms with Crippen LogP contribution >= 0.6 is 0 Å². The third kappa shape index (κ3) is 4.02. The van der Waals surface area contributed by atoms with Crippen molar-refractivity contribution in [3.8, 4) is 16.9 Å². The smallest absolute Gasteiger partial charge is 0.255 e. The highest BCUT2D eigenvalue weighted by Crippen LogP contribution is 2.32. The molecule has 0 radical (unpaired) electrons. The van der Waals surface area contributed by atoms with Crippen molar-refractivity contribution in [1.82, 2.24) is 9.88 Å². The molecule has 0 unspecified atom stereocenters. The van der Waals surface area contributed by atoms with Gasteiger partial charge in [0.2, 0.25) is 0 Å². The molecule has 31 heavy (non-hydrogen) atoms. The van der Waals surface area contributed by atoms with Gasteiger partial charge in [-0.15, -0.1) is 0 Å². The van der Waals surface area contributed by atoms with Gasteiger partial charge in [-0.3, -0.25) is 9.78 Å². The minimum atomic E-state index is 0.105. The normalized spacial score (nSPS) is 15.1. The van der Waals surface area contributed by atoms with Gasteiger partial charge in [0.15, 0.2) is 0 Å². The average molecular weight is 409 g/mol. The summed E-state index contributed by atoms with van der Waals surface area (Å²) in [4.78, 5) is 19.1. The van der Waals surface area contributed by atoms with E-state index in [9.17, 15) is 4.79 Å². The summed E-state index contributed by atoms with van der Waals surface area (Å²) in [7, 11) is 0. The molecule has 3 aromatic rings. The molecular formula is C27H24N2O2. The molecule has 0 spiro atoms. The van der Waals surface area contributed by atoms with Crippen LogP contribution in [0.4, 0.5) is 0 Å². The molecule has 2 heterocycles. The lowest BCUT2D eigenvalue weighted by atomic mass is 9.97. The highest BCUT2D eigenvalue weighted by molar-refractivity contribution is 6.00. The molecule has 1 aliphatic heterocycles. The molecule has 0 saturated heterocycles. The Morgan fingerprint density at radius 2 is 1.84 bits per heavy atom. The molecule has 0 fully saturated rings. The maximum absolute atomic E-state index is 13.1. The lowest BCUT2D eigenvalue weighted by molar-refractivity contribution is 0.0766. The number of aryl methyl sites for hydroxylation is 1. The van der Waals surface area contributed by atoms with Crippen LogP contribution in [-0.4, -0.2) is 15.8 Å². The van der Waals surface area contributed by atoms with Gasteiger partial charge in [0.25, 0.3) is 5.91 Å². The van der Waals surface area contributed by atoms with Crippen LogP contribution in [0.2, 0.25) is 0 Å². The molecule has 0 saturated carbocycles. The van der Waals surface area contributed by atoms with Crippen molar-refractivity contribution in [3.63, 3.8) is 0 Å². The van der Waals surface area contributed by atoms with E-state index in [1.807, 2.05) is 60.4 Å². The van der Waals surface area contributed by atoms with E-state index in [-0.39, 0.29) is 5.91 Å². The number of allylic oxidation sites excluding steroid dienone is 4. The fourth-order valence-electron chi connectivity index (χ4n) is 4.27. The van der Waals surface area contributed by atoms with Crippen molar-refractivity contribution in [3.05, 3.63) is 107 Å². The summed E-state index contributed by atoms with van der Waals surface area (Å²) in [5.41, 5.74) is 6.30. The van der Waals surface area contributed by atoms with Gasteiger partial charge in [-0.1, -0.05) is 30.4 Å².